The van der Waals surface area contributed by atoms with Crippen LogP contribution in [-0.4, -0.2) is 15.1 Å². The number of benzene rings is 2. The Balaban J connectivity index is 1.43. The molecule has 0 radical (unpaired) electrons. The lowest BCUT2D eigenvalue weighted by Crippen LogP contribution is -2.42. The third-order valence-corrected chi connectivity index (χ3v) is 7.97. The van der Waals surface area contributed by atoms with Crippen LogP contribution in [0.1, 0.15) is 35.2 Å². The van der Waals surface area contributed by atoms with E-state index in [1.807, 2.05) is 36.4 Å². The number of allylic oxidation sites excluding steroid dienone is 3. The molecule has 5 heteroatoms. The van der Waals surface area contributed by atoms with Crippen LogP contribution >= 0.6 is 0 Å². The van der Waals surface area contributed by atoms with E-state index in [0.717, 1.165) is 39.5 Å². The molecule has 0 bridgehead atoms. The van der Waals surface area contributed by atoms with Gasteiger partial charge in [0.15, 0.2) is 0 Å². The average Bonchev–Trinajstić information content (AvgIpc) is 3.41. The molecule has 5 nitrogen and oxygen atoms in total. The van der Waals surface area contributed by atoms with Gasteiger partial charge in [-0.15, -0.1) is 0 Å². The van der Waals surface area contributed by atoms with Gasteiger partial charge in [-0.2, -0.15) is 10.5 Å². The van der Waals surface area contributed by atoms with Gasteiger partial charge in [-0.05, 0) is 66.9 Å². The van der Waals surface area contributed by atoms with E-state index in [2.05, 4.69) is 89.2 Å². The Morgan fingerprint density at radius 2 is 1.84 bits per heavy atom. The van der Waals surface area contributed by atoms with Crippen LogP contribution < -0.4 is 4.90 Å². The van der Waals surface area contributed by atoms with Crippen molar-refractivity contribution >= 4 is 28.5 Å². The maximum atomic E-state index is 9.55. The maximum absolute atomic E-state index is 9.55. The van der Waals surface area contributed by atoms with E-state index in [1.54, 1.807) is 0 Å². The van der Waals surface area contributed by atoms with Gasteiger partial charge in [0.2, 0.25) is 0 Å². The average molecular weight is 478 g/mol. The first-order valence-electron chi connectivity index (χ1n) is 12.5. The predicted octanol–water partition coefficient (Wildman–Crippen LogP) is 6.73. The minimum absolute atomic E-state index is 0.117. The van der Waals surface area contributed by atoms with E-state index in [9.17, 15) is 10.5 Å². The molecule has 0 spiro atoms. The van der Waals surface area contributed by atoms with Crippen LogP contribution in [0.15, 0.2) is 91.0 Å². The summed E-state index contributed by atoms with van der Waals surface area (Å²) in [5.74, 6) is 1.70. The van der Waals surface area contributed by atoms with Crippen molar-refractivity contribution in [1.82, 2.24) is 9.55 Å². The number of nitrogens with zero attached hydrogens (tertiary/aromatic N) is 5. The van der Waals surface area contributed by atoms with Crippen LogP contribution in [0.2, 0.25) is 0 Å². The molecule has 1 aliphatic heterocycles. The van der Waals surface area contributed by atoms with Gasteiger partial charge >= 0.3 is 0 Å². The summed E-state index contributed by atoms with van der Waals surface area (Å²) in [5, 5.41) is 20.2. The fourth-order valence-electron chi connectivity index (χ4n) is 6.27. The van der Waals surface area contributed by atoms with Crippen molar-refractivity contribution in [3.63, 3.8) is 0 Å². The number of hydrogen-bond acceptors (Lipinski definition) is 4. The fraction of sp³-hybridized carbons (Fsp3) is 0.156. The number of fused-ring (bicyclic) bond motifs is 6. The molecule has 0 fully saturated rings. The SMILES string of the molecule is C[C@@]12C=CC=CC1c1cc(C#N)ccc1N2c1cccc(-n2c3c(c4ccccc42)CC(C#N)C=C3)n1. The Morgan fingerprint density at radius 1 is 0.973 bits per heavy atom. The van der Waals surface area contributed by atoms with Crippen molar-refractivity contribution in [2.75, 3.05) is 4.90 Å². The molecule has 7 rings (SSSR count). The molecule has 0 saturated carbocycles. The summed E-state index contributed by atoms with van der Waals surface area (Å²) >= 11 is 0. The highest BCUT2D eigenvalue weighted by atomic mass is 15.3. The number of anilines is 2. The van der Waals surface area contributed by atoms with E-state index in [0.29, 0.717) is 12.0 Å². The third-order valence-electron chi connectivity index (χ3n) is 7.97. The summed E-state index contributed by atoms with van der Waals surface area (Å²) in [5.41, 5.74) is 5.91. The Hall–Kier alpha value is -4.87. The second-order valence-electron chi connectivity index (χ2n) is 10.0. The lowest BCUT2D eigenvalue weighted by atomic mass is 9.80. The second kappa shape index (κ2) is 7.82. The van der Waals surface area contributed by atoms with Crippen LogP contribution in [0.4, 0.5) is 11.5 Å². The van der Waals surface area contributed by atoms with Gasteiger partial charge in [0.25, 0.3) is 0 Å². The van der Waals surface area contributed by atoms with Gasteiger partial charge in [0.1, 0.15) is 11.6 Å². The van der Waals surface area contributed by atoms with Gasteiger partial charge in [-0.25, -0.2) is 4.98 Å². The van der Waals surface area contributed by atoms with Gasteiger partial charge < -0.3 is 4.90 Å². The van der Waals surface area contributed by atoms with E-state index >= 15 is 0 Å². The van der Waals surface area contributed by atoms with E-state index in [-0.39, 0.29) is 17.4 Å². The Bertz CT molecular complexity index is 1770. The first-order valence-corrected chi connectivity index (χ1v) is 12.5. The van der Waals surface area contributed by atoms with Gasteiger partial charge in [-0.1, -0.05) is 54.6 Å². The van der Waals surface area contributed by atoms with Gasteiger partial charge in [0, 0.05) is 17.0 Å². The lowest BCUT2D eigenvalue weighted by Gasteiger charge is -2.38. The highest BCUT2D eigenvalue weighted by molar-refractivity contribution is 5.90. The molecule has 0 saturated heterocycles. The number of aromatic nitrogens is 2. The summed E-state index contributed by atoms with van der Waals surface area (Å²) < 4.78 is 2.21. The van der Waals surface area contributed by atoms with E-state index in [1.165, 1.54) is 5.56 Å². The first-order chi connectivity index (χ1) is 18.1. The topological polar surface area (TPSA) is 68.6 Å². The molecule has 3 atom stereocenters. The maximum Gasteiger partial charge on any atom is 0.140 e. The molecule has 2 aromatic carbocycles. The molecule has 4 aromatic rings. The van der Waals surface area contributed by atoms with Crippen LogP contribution in [0.25, 0.3) is 22.8 Å². The molecule has 2 unspecified atom stereocenters. The zero-order valence-corrected chi connectivity index (χ0v) is 20.3. The number of hydrogen-bond donors (Lipinski definition) is 0. The van der Waals surface area contributed by atoms with Crippen molar-refractivity contribution in [3.8, 4) is 18.0 Å². The van der Waals surface area contributed by atoms with E-state index < -0.39 is 0 Å². The van der Waals surface area contributed by atoms with Crippen LogP contribution in [0, 0.1) is 28.6 Å². The molecular formula is C32H23N5. The molecular weight excluding hydrogens is 454 g/mol. The summed E-state index contributed by atoms with van der Waals surface area (Å²) in [6.07, 6.45) is 13.4. The van der Waals surface area contributed by atoms with Crippen molar-refractivity contribution < 1.29 is 0 Å². The molecule has 3 heterocycles. The number of nitriles is 2. The third kappa shape index (κ3) is 2.98. The van der Waals surface area contributed by atoms with Crippen molar-refractivity contribution in [3.05, 3.63) is 113 Å². The number of para-hydroxylation sites is 1. The molecule has 2 aliphatic carbocycles. The summed E-state index contributed by atoms with van der Waals surface area (Å²) in [6.45, 7) is 2.23. The van der Waals surface area contributed by atoms with Gasteiger partial charge in [-0.3, -0.25) is 4.57 Å². The molecule has 0 amide bonds. The smallest absolute Gasteiger partial charge is 0.140 e. The quantitative estimate of drug-likeness (QED) is 0.321. The molecule has 2 aromatic heterocycles. The Morgan fingerprint density at radius 3 is 2.70 bits per heavy atom. The zero-order valence-electron chi connectivity index (χ0n) is 20.3. The van der Waals surface area contributed by atoms with E-state index in [4.69, 9.17) is 4.98 Å². The number of rotatable bonds is 2. The van der Waals surface area contributed by atoms with Crippen molar-refractivity contribution in [1.29, 1.82) is 10.5 Å². The van der Waals surface area contributed by atoms with Gasteiger partial charge in [0.05, 0.1) is 40.4 Å². The second-order valence-corrected chi connectivity index (χ2v) is 10.0. The minimum Gasteiger partial charge on any atom is -0.316 e. The highest BCUT2D eigenvalue weighted by Crippen LogP contribution is 2.53. The monoisotopic (exact) mass is 477 g/mol. The molecule has 37 heavy (non-hydrogen) atoms. The summed E-state index contributed by atoms with van der Waals surface area (Å²) in [4.78, 5) is 7.54. The summed E-state index contributed by atoms with van der Waals surface area (Å²) in [6, 6.07) is 25.2. The largest absolute Gasteiger partial charge is 0.316 e. The van der Waals surface area contributed by atoms with Crippen molar-refractivity contribution in [2.45, 2.75) is 24.8 Å². The standard InChI is InChI=1S/C32H23N5/c1-32-16-5-4-8-26(32)25-18-22(20-34)13-15-29(25)37(32)31-11-6-10-30(35-31)36-27-9-3-2-7-23(27)24-17-21(19-33)12-14-28(24)36/h2-16,18,21,26H,17H2,1H3/t21?,26?,32-/m1/s1. The molecule has 0 N–H and O–H groups in total. The normalized spacial score (nSPS) is 22.8. The Kier molecular flexibility index (Phi) is 4.52. The molecule has 3 aliphatic rings. The van der Waals surface area contributed by atoms with Crippen LogP contribution in [-0.2, 0) is 6.42 Å². The lowest BCUT2D eigenvalue weighted by molar-refractivity contribution is 0.538. The minimum atomic E-state index is -0.338. The Labute approximate surface area is 215 Å². The van der Waals surface area contributed by atoms with Crippen molar-refractivity contribution in [2.24, 2.45) is 5.92 Å². The number of pyridine rings is 1. The highest BCUT2D eigenvalue weighted by Gasteiger charge is 2.47. The first kappa shape index (κ1) is 21.4. The van der Waals surface area contributed by atoms with Crippen LogP contribution in [0.3, 0.4) is 0 Å². The zero-order chi connectivity index (χ0) is 25.1. The predicted molar refractivity (Wildman–Crippen MR) is 146 cm³/mol. The van der Waals surface area contributed by atoms with Crippen LogP contribution in [0.5, 0.6) is 0 Å². The fourth-order valence-corrected chi connectivity index (χ4v) is 6.27. The summed E-state index contributed by atoms with van der Waals surface area (Å²) in [7, 11) is 0. The molecule has 176 valence electrons.